The van der Waals surface area contributed by atoms with E-state index in [0.29, 0.717) is 12.5 Å². The highest BCUT2D eigenvalue weighted by Crippen LogP contribution is 2.20. The van der Waals surface area contributed by atoms with Crippen molar-refractivity contribution in [2.24, 2.45) is 10.9 Å². The number of aliphatic imine (C=N–C) groups is 1. The molecule has 7 heteroatoms. The number of rotatable bonds is 7. The van der Waals surface area contributed by atoms with Crippen LogP contribution in [0.25, 0.3) is 0 Å². The van der Waals surface area contributed by atoms with Crippen LogP contribution in [-0.2, 0) is 13.1 Å². The molecule has 1 aliphatic heterocycles. The number of nitrogens with one attached hydrogen (secondary N) is 2. The third kappa shape index (κ3) is 7.67. The van der Waals surface area contributed by atoms with Gasteiger partial charge in [-0.1, -0.05) is 18.2 Å². The average Bonchev–Trinajstić information content (AvgIpc) is 3.18. The number of hydrogen-bond donors (Lipinski definition) is 2. The molecule has 2 heterocycles. The van der Waals surface area contributed by atoms with Gasteiger partial charge in [0, 0.05) is 24.5 Å². The van der Waals surface area contributed by atoms with Gasteiger partial charge in [-0.25, -0.2) is 9.38 Å². The maximum absolute atomic E-state index is 13.3. The van der Waals surface area contributed by atoms with E-state index in [1.54, 1.807) is 6.07 Å². The van der Waals surface area contributed by atoms with Crippen LogP contribution in [0.3, 0.4) is 0 Å². The summed E-state index contributed by atoms with van der Waals surface area (Å²) in [5.41, 5.74) is 0.883. The third-order valence-electron chi connectivity index (χ3n) is 4.88. The SMILES string of the molecule is CCNC(=NCc1cccc(F)c1)NCC1CCN(Cc2cccs2)CC1.I. The standard InChI is InChI=1S/C21H29FN4S.HI/c1-2-23-21(25-15-18-5-3-6-19(22)13-18)24-14-17-8-10-26(11-9-17)16-20-7-4-12-27-20;/h3-7,12-13,17H,2,8-11,14-16H2,1H3,(H2,23,24,25);1H. The normalized spacial score (nSPS) is 15.9. The predicted molar refractivity (Wildman–Crippen MR) is 127 cm³/mol. The molecule has 2 N–H and O–H groups in total. The molecule has 1 saturated heterocycles. The van der Waals surface area contributed by atoms with E-state index < -0.39 is 0 Å². The first kappa shape index (κ1) is 23.1. The number of hydrogen-bond acceptors (Lipinski definition) is 3. The summed E-state index contributed by atoms with van der Waals surface area (Å²) >= 11 is 1.84. The maximum Gasteiger partial charge on any atom is 0.191 e. The summed E-state index contributed by atoms with van der Waals surface area (Å²) in [5.74, 6) is 1.26. The average molecular weight is 516 g/mol. The Balaban J connectivity index is 0.00000280. The summed E-state index contributed by atoms with van der Waals surface area (Å²) in [4.78, 5) is 8.59. The fourth-order valence-electron chi connectivity index (χ4n) is 3.36. The van der Waals surface area contributed by atoms with E-state index in [-0.39, 0.29) is 29.8 Å². The second-order valence-electron chi connectivity index (χ2n) is 7.00. The third-order valence-corrected chi connectivity index (χ3v) is 5.74. The number of nitrogens with zero attached hydrogens (tertiary/aromatic N) is 2. The van der Waals surface area contributed by atoms with Crippen molar-refractivity contribution in [3.8, 4) is 0 Å². The van der Waals surface area contributed by atoms with Gasteiger partial charge in [0.2, 0.25) is 0 Å². The Bertz CT molecular complexity index is 715. The van der Waals surface area contributed by atoms with E-state index >= 15 is 0 Å². The van der Waals surface area contributed by atoms with E-state index in [1.807, 2.05) is 17.4 Å². The van der Waals surface area contributed by atoms with Crippen LogP contribution in [0.4, 0.5) is 4.39 Å². The molecule has 0 radical (unpaired) electrons. The molecule has 0 bridgehead atoms. The minimum absolute atomic E-state index is 0. The zero-order chi connectivity index (χ0) is 18.9. The van der Waals surface area contributed by atoms with Gasteiger partial charge in [0.05, 0.1) is 6.54 Å². The van der Waals surface area contributed by atoms with Crippen molar-refractivity contribution in [1.82, 2.24) is 15.5 Å². The van der Waals surface area contributed by atoms with Crippen LogP contribution < -0.4 is 10.6 Å². The lowest BCUT2D eigenvalue weighted by Crippen LogP contribution is -2.42. The van der Waals surface area contributed by atoms with Gasteiger partial charge < -0.3 is 10.6 Å². The Labute approximate surface area is 188 Å². The van der Waals surface area contributed by atoms with Crippen molar-refractivity contribution in [2.75, 3.05) is 26.2 Å². The molecule has 0 saturated carbocycles. The van der Waals surface area contributed by atoms with Crippen molar-refractivity contribution in [2.45, 2.75) is 32.9 Å². The lowest BCUT2D eigenvalue weighted by Gasteiger charge is -2.32. The van der Waals surface area contributed by atoms with E-state index in [9.17, 15) is 4.39 Å². The van der Waals surface area contributed by atoms with Crippen LogP contribution >= 0.6 is 35.3 Å². The Morgan fingerprint density at radius 1 is 1.21 bits per heavy atom. The second kappa shape index (κ2) is 12.4. The smallest absolute Gasteiger partial charge is 0.191 e. The number of benzene rings is 1. The highest BCUT2D eigenvalue weighted by molar-refractivity contribution is 14.0. The van der Waals surface area contributed by atoms with Crippen molar-refractivity contribution in [3.05, 3.63) is 58.0 Å². The van der Waals surface area contributed by atoms with Crippen LogP contribution in [0.1, 0.15) is 30.2 Å². The van der Waals surface area contributed by atoms with Crippen LogP contribution in [-0.4, -0.2) is 37.0 Å². The molecule has 1 aromatic heterocycles. The van der Waals surface area contributed by atoms with Crippen molar-refractivity contribution >= 4 is 41.3 Å². The van der Waals surface area contributed by atoms with Gasteiger partial charge >= 0.3 is 0 Å². The molecule has 2 aromatic rings. The minimum Gasteiger partial charge on any atom is -0.357 e. The molecule has 0 atom stereocenters. The molecule has 28 heavy (non-hydrogen) atoms. The summed E-state index contributed by atoms with van der Waals surface area (Å²) in [6.45, 7) is 7.67. The number of halogens is 2. The molecule has 1 aromatic carbocycles. The highest BCUT2D eigenvalue weighted by atomic mass is 127. The fraction of sp³-hybridized carbons (Fsp3) is 0.476. The summed E-state index contributed by atoms with van der Waals surface area (Å²) in [5, 5.41) is 8.90. The van der Waals surface area contributed by atoms with Crippen LogP contribution in [0.5, 0.6) is 0 Å². The molecular formula is C21H30FIN4S. The molecular weight excluding hydrogens is 486 g/mol. The van der Waals surface area contributed by atoms with E-state index in [0.717, 1.165) is 44.2 Å². The van der Waals surface area contributed by atoms with Crippen LogP contribution in [0, 0.1) is 11.7 Å². The zero-order valence-corrected chi connectivity index (χ0v) is 19.5. The molecule has 3 rings (SSSR count). The summed E-state index contributed by atoms with van der Waals surface area (Å²) in [6.07, 6.45) is 2.42. The van der Waals surface area contributed by atoms with Gasteiger partial charge in [0.15, 0.2) is 5.96 Å². The highest BCUT2D eigenvalue weighted by Gasteiger charge is 2.19. The molecule has 0 unspecified atom stereocenters. The monoisotopic (exact) mass is 516 g/mol. The van der Waals surface area contributed by atoms with Gasteiger partial charge in [-0.05, 0) is 67.9 Å². The number of thiophene rings is 1. The Kier molecular flexibility index (Phi) is 10.2. The van der Waals surface area contributed by atoms with E-state index in [1.165, 1.54) is 29.9 Å². The van der Waals surface area contributed by atoms with Crippen molar-refractivity contribution < 1.29 is 4.39 Å². The van der Waals surface area contributed by atoms with E-state index in [4.69, 9.17) is 0 Å². The lowest BCUT2D eigenvalue weighted by atomic mass is 9.97. The number of guanidine groups is 1. The Morgan fingerprint density at radius 2 is 2.04 bits per heavy atom. The number of likely N-dealkylation sites (tertiary alicyclic amines) is 1. The topological polar surface area (TPSA) is 39.7 Å². The quantitative estimate of drug-likeness (QED) is 0.324. The minimum atomic E-state index is -0.213. The molecule has 4 nitrogen and oxygen atoms in total. The van der Waals surface area contributed by atoms with Gasteiger partial charge in [-0.2, -0.15) is 0 Å². The van der Waals surface area contributed by atoms with Crippen LogP contribution in [0.2, 0.25) is 0 Å². The zero-order valence-electron chi connectivity index (χ0n) is 16.4. The lowest BCUT2D eigenvalue weighted by molar-refractivity contribution is 0.179. The Hall–Kier alpha value is -1.19. The predicted octanol–water partition coefficient (Wildman–Crippen LogP) is 4.47. The Morgan fingerprint density at radius 3 is 2.71 bits per heavy atom. The second-order valence-corrected chi connectivity index (χ2v) is 8.04. The van der Waals surface area contributed by atoms with Crippen molar-refractivity contribution in [3.63, 3.8) is 0 Å². The molecule has 154 valence electrons. The first-order chi connectivity index (χ1) is 13.2. The first-order valence-electron chi connectivity index (χ1n) is 9.74. The largest absolute Gasteiger partial charge is 0.357 e. The summed E-state index contributed by atoms with van der Waals surface area (Å²) in [7, 11) is 0. The van der Waals surface area contributed by atoms with Crippen molar-refractivity contribution in [1.29, 1.82) is 0 Å². The van der Waals surface area contributed by atoms with Crippen LogP contribution in [0.15, 0.2) is 46.8 Å². The van der Waals surface area contributed by atoms with Gasteiger partial charge in [-0.15, -0.1) is 35.3 Å². The van der Waals surface area contributed by atoms with Gasteiger partial charge in [0.1, 0.15) is 5.82 Å². The summed E-state index contributed by atoms with van der Waals surface area (Å²) < 4.78 is 13.3. The fourth-order valence-corrected chi connectivity index (χ4v) is 4.11. The van der Waals surface area contributed by atoms with Gasteiger partial charge in [-0.3, -0.25) is 4.90 Å². The maximum atomic E-state index is 13.3. The van der Waals surface area contributed by atoms with Gasteiger partial charge in [0.25, 0.3) is 0 Å². The molecule has 1 aliphatic rings. The first-order valence-corrected chi connectivity index (χ1v) is 10.6. The van der Waals surface area contributed by atoms with E-state index in [2.05, 4.69) is 45.0 Å². The molecule has 0 amide bonds. The summed E-state index contributed by atoms with van der Waals surface area (Å²) in [6, 6.07) is 11.0. The number of piperidine rings is 1. The molecule has 1 fully saturated rings. The molecule has 0 spiro atoms. The molecule has 0 aliphatic carbocycles.